The summed E-state index contributed by atoms with van der Waals surface area (Å²) in [5.74, 6) is -1.60. The van der Waals surface area contributed by atoms with Gasteiger partial charge in [0.25, 0.3) is 0 Å². The summed E-state index contributed by atoms with van der Waals surface area (Å²) in [6.45, 7) is 0. The Morgan fingerprint density at radius 3 is 2.47 bits per heavy atom. The molecule has 1 aromatic carbocycles. The number of hydrogen-bond acceptors (Lipinski definition) is 4. The zero-order chi connectivity index (χ0) is 14.0. The van der Waals surface area contributed by atoms with E-state index in [1.807, 2.05) is 0 Å². The van der Waals surface area contributed by atoms with Gasteiger partial charge < -0.3 is 10.5 Å². The Labute approximate surface area is 114 Å². The minimum atomic E-state index is -4.68. The van der Waals surface area contributed by atoms with E-state index >= 15 is 0 Å². The number of aromatic nitrogens is 2. The molecule has 0 saturated heterocycles. The van der Waals surface area contributed by atoms with Crippen LogP contribution in [-0.4, -0.2) is 9.97 Å². The summed E-state index contributed by atoms with van der Waals surface area (Å²) < 4.78 is 43.4. The fourth-order valence-corrected chi connectivity index (χ4v) is 1.63. The van der Waals surface area contributed by atoms with E-state index in [9.17, 15) is 13.2 Å². The number of benzene rings is 1. The first-order valence-electron chi connectivity index (χ1n) is 5.00. The molecular weight excluding hydrogens is 327 g/mol. The number of rotatable bonds is 2. The number of nitrogen functional groups attached to an aromatic ring is 1. The SMILES string of the molecule is Nc1cc(Oc2ccccc2Br)nc(C(F)(F)F)n1. The molecule has 0 amide bonds. The van der Waals surface area contributed by atoms with Crippen molar-refractivity contribution in [3.05, 3.63) is 40.6 Å². The van der Waals surface area contributed by atoms with Crippen LogP contribution in [-0.2, 0) is 6.18 Å². The van der Waals surface area contributed by atoms with E-state index in [2.05, 4.69) is 25.9 Å². The lowest BCUT2D eigenvalue weighted by molar-refractivity contribution is -0.145. The van der Waals surface area contributed by atoms with Crippen LogP contribution in [0.4, 0.5) is 19.0 Å². The number of halogens is 4. The van der Waals surface area contributed by atoms with Crippen molar-refractivity contribution in [3.63, 3.8) is 0 Å². The fourth-order valence-electron chi connectivity index (χ4n) is 1.26. The predicted octanol–water partition coefficient (Wildman–Crippen LogP) is 3.63. The molecule has 8 heteroatoms. The van der Waals surface area contributed by atoms with Gasteiger partial charge in [-0.05, 0) is 28.1 Å². The zero-order valence-electron chi connectivity index (χ0n) is 9.28. The maximum absolute atomic E-state index is 12.5. The van der Waals surface area contributed by atoms with Crippen LogP contribution in [0.2, 0.25) is 0 Å². The molecule has 1 aromatic heterocycles. The molecule has 2 N–H and O–H groups in total. The second kappa shape index (κ2) is 5.04. The average Bonchev–Trinajstić information content (AvgIpc) is 2.30. The summed E-state index contributed by atoms with van der Waals surface area (Å²) in [5, 5.41) is 0. The number of anilines is 1. The van der Waals surface area contributed by atoms with E-state index in [-0.39, 0.29) is 11.7 Å². The quantitative estimate of drug-likeness (QED) is 0.911. The predicted molar refractivity (Wildman–Crippen MR) is 65.7 cm³/mol. The van der Waals surface area contributed by atoms with Gasteiger partial charge in [-0.1, -0.05) is 12.1 Å². The zero-order valence-corrected chi connectivity index (χ0v) is 10.9. The molecule has 100 valence electrons. The summed E-state index contributed by atoms with van der Waals surface area (Å²) >= 11 is 3.21. The molecule has 0 saturated carbocycles. The number of alkyl halides is 3. The van der Waals surface area contributed by atoms with Crippen molar-refractivity contribution in [1.82, 2.24) is 9.97 Å². The van der Waals surface area contributed by atoms with Crippen molar-refractivity contribution in [2.24, 2.45) is 0 Å². The third-order valence-electron chi connectivity index (χ3n) is 2.03. The first-order valence-corrected chi connectivity index (χ1v) is 5.79. The highest BCUT2D eigenvalue weighted by Crippen LogP contribution is 2.32. The molecule has 0 unspecified atom stereocenters. The van der Waals surface area contributed by atoms with Crippen LogP contribution in [0.5, 0.6) is 11.6 Å². The van der Waals surface area contributed by atoms with Crippen molar-refractivity contribution >= 4 is 21.7 Å². The molecule has 0 aliphatic heterocycles. The van der Waals surface area contributed by atoms with E-state index in [4.69, 9.17) is 10.5 Å². The van der Waals surface area contributed by atoms with Gasteiger partial charge in [-0.2, -0.15) is 18.2 Å². The Morgan fingerprint density at radius 1 is 1.16 bits per heavy atom. The van der Waals surface area contributed by atoms with Gasteiger partial charge in [0.05, 0.1) is 4.47 Å². The van der Waals surface area contributed by atoms with Crippen LogP contribution in [0.1, 0.15) is 5.82 Å². The molecule has 1 heterocycles. The largest absolute Gasteiger partial charge is 0.451 e. The van der Waals surface area contributed by atoms with Gasteiger partial charge in [-0.3, -0.25) is 0 Å². The Kier molecular flexibility index (Phi) is 3.61. The van der Waals surface area contributed by atoms with E-state index in [0.717, 1.165) is 6.07 Å². The molecule has 2 rings (SSSR count). The van der Waals surface area contributed by atoms with E-state index in [1.165, 1.54) is 0 Å². The Hall–Kier alpha value is -1.83. The van der Waals surface area contributed by atoms with Crippen molar-refractivity contribution < 1.29 is 17.9 Å². The molecule has 0 radical (unpaired) electrons. The first-order chi connectivity index (χ1) is 8.86. The summed E-state index contributed by atoms with van der Waals surface area (Å²) in [7, 11) is 0. The minimum absolute atomic E-state index is 0.272. The molecule has 2 aromatic rings. The van der Waals surface area contributed by atoms with Crippen molar-refractivity contribution in [1.29, 1.82) is 0 Å². The summed E-state index contributed by atoms with van der Waals surface area (Å²) in [6.07, 6.45) is -4.68. The number of para-hydroxylation sites is 1. The average molecular weight is 334 g/mol. The van der Waals surface area contributed by atoms with Crippen molar-refractivity contribution in [2.75, 3.05) is 5.73 Å². The Balaban J connectivity index is 2.36. The number of hydrogen-bond donors (Lipinski definition) is 1. The van der Waals surface area contributed by atoms with Gasteiger partial charge >= 0.3 is 6.18 Å². The molecule has 19 heavy (non-hydrogen) atoms. The van der Waals surface area contributed by atoms with Gasteiger partial charge in [-0.25, -0.2) is 4.98 Å². The lowest BCUT2D eigenvalue weighted by Gasteiger charge is -2.10. The highest BCUT2D eigenvalue weighted by Gasteiger charge is 2.35. The third-order valence-corrected chi connectivity index (χ3v) is 2.68. The van der Waals surface area contributed by atoms with Crippen LogP contribution in [0.3, 0.4) is 0 Å². The molecule has 0 aliphatic rings. The van der Waals surface area contributed by atoms with Gasteiger partial charge in [-0.15, -0.1) is 0 Å². The van der Waals surface area contributed by atoms with Crippen LogP contribution in [0.25, 0.3) is 0 Å². The van der Waals surface area contributed by atoms with Crippen LogP contribution < -0.4 is 10.5 Å². The van der Waals surface area contributed by atoms with Crippen molar-refractivity contribution in [3.8, 4) is 11.6 Å². The maximum atomic E-state index is 12.5. The Bertz CT molecular complexity index is 604. The van der Waals surface area contributed by atoms with E-state index < -0.39 is 12.0 Å². The van der Waals surface area contributed by atoms with Gasteiger partial charge in [0.15, 0.2) is 0 Å². The van der Waals surface area contributed by atoms with Crippen molar-refractivity contribution in [2.45, 2.75) is 6.18 Å². The van der Waals surface area contributed by atoms with Crippen LogP contribution in [0, 0.1) is 0 Å². The minimum Gasteiger partial charge on any atom is -0.438 e. The molecule has 0 bridgehead atoms. The Morgan fingerprint density at radius 2 is 1.84 bits per heavy atom. The highest BCUT2D eigenvalue weighted by atomic mass is 79.9. The van der Waals surface area contributed by atoms with E-state index in [0.29, 0.717) is 10.2 Å². The van der Waals surface area contributed by atoms with Gasteiger partial charge in [0, 0.05) is 6.07 Å². The van der Waals surface area contributed by atoms with Crippen LogP contribution >= 0.6 is 15.9 Å². The first kappa shape index (κ1) is 13.6. The standard InChI is InChI=1S/C11H7BrF3N3O/c12-6-3-1-2-4-7(6)19-9-5-8(16)17-10(18-9)11(13,14)15/h1-5H,(H2,16,17,18). The van der Waals surface area contributed by atoms with Gasteiger partial charge in [0.2, 0.25) is 11.7 Å². The monoisotopic (exact) mass is 333 g/mol. The molecule has 0 fully saturated rings. The third kappa shape index (κ3) is 3.34. The highest BCUT2D eigenvalue weighted by molar-refractivity contribution is 9.10. The van der Waals surface area contributed by atoms with Crippen LogP contribution in [0.15, 0.2) is 34.8 Å². The summed E-state index contributed by atoms with van der Waals surface area (Å²) in [5.41, 5.74) is 5.30. The summed E-state index contributed by atoms with van der Waals surface area (Å²) in [4.78, 5) is 6.40. The number of nitrogens with zero attached hydrogens (tertiary/aromatic N) is 2. The molecule has 0 spiro atoms. The second-order valence-electron chi connectivity index (χ2n) is 3.48. The molecular formula is C11H7BrF3N3O. The smallest absolute Gasteiger partial charge is 0.438 e. The molecule has 0 aliphatic carbocycles. The number of ether oxygens (including phenoxy) is 1. The second-order valence-corrected chi connectivity index (χ2v) is 4.34. The fraction of sp³-hybridized carbons (Fsp3) is 0.0909. The van der Waals surface area contributed by atoms with Gasteiger partial charge in [0.1, 0.15) is 11.6 Å². The lowest BCUT2D eigenvalue weighted by atomic mass is 10.3. The molecule has 4 nitrogen and oxygen atoms in total. The number of nitrogens with two attached hydrogens (primary N) is 1. The lowest BCUT2D eigenvalue weighted by Crippen LogP contribution is -2.12. The van der Waals surface area contributed by atoms with E-state index in [1.54, 1.807) is 24.3 Å². The molecule has 0 atom stereocenters. The normalized spacial score (nSPS) is 11.4. The summed E-state index contributed by atoms with van der Waals surface area (Å²) in [6, 6.07) is 7.80. The maximum Gasteiger partial charge on any atom is 0.451 e. The topological polar surface area (TPSA) is 61.0 Å².